The van der Waals surface area contributed by atoms with E-state index in [0.717, 1.165) is 11.1 Å². The first kappa shape index (κ1) is 16.8. The molecule has 0 saturated carbocycles. The van der Waals surface area contributed by atoms with Gasteiger partial charge in [-0.15, -0.1) is 0 Å². The summed E-state index contributed by atoms with van der Waals surface area (Å²) in [6.07, 6.45) is 0.348. The summed E-state index contributed by atoms with van der Waals surface area (Å²) in [6.45, 7) is 0.217. The van der Waals surface area contributed by atoms with Crippen LogP contribution in [0.25, 0.3) is 0 Å². The van der Waals surface area contributed by atoms with Crippen LogP contribution in [0.15, 0.2) is 48.5 Å². The lowest BCUT2D eigenvalue weighted by Gasteiger charge is -2.13. The van der Waals surface area contributed by atoms with Crippen molar-refractivity contribution >= 4 is 5.97 Å². The topological polar surface area (TPSA) is 70.8 Å². The van der Waals surface area contributed by atoms with Gasteiger partial charge < -0.3 is 19.9 Å². The Morgan fingerprint density at radius 3 is 2.17 bits per heavy atom. The van der Waals surface area contributed by atoms with Gasteiger partial charge >= 0.3 is 5.97 Å². The molecule has 2 aromatic rings. The Balaban J connectivity index is 1.95. The van der Waals surface area contributed by atoms with Crippen molar-refractivity contribution in [2.75, 3.05) is 14.2 Å². The van der Waals surface area contributed by atoms with Crippen molar-refractivity contribution in [2.24, 2.45) is 5.73 Å². The van der Waals surface area contributed by atoms with Gasteiger partial charge in [-0.05, 0) is 29.7 Å². The zero-order chi connectivity index (χ0) is 16.7. The zero-order valence-electron chi connectivity index (χ0n) is 13.3. The number of esters is 1. The first-order chi connectivity index (χ1) is 11.1. The second-order valence-electron chi connectivity index (χ2n) is 5.12. The molecular weight excluding hydrogens is 294 g/mol. The van der Waals surface area contributed by atoms with Gasteiger partial charge in [-0.1, -0.05) is 30.3 Å². The molecule has 23 heavy (non-hydrogen) atoms. The van der Waals surface area contributed by atoms with Crippen molar-refractivity contribution in [3.05, 3.63) is 59.7 Å². The molecule has 1 unspecified atom stereocenters. The van der Waals surface area contributed by atoms with E-state index in [4.69, 9.17) is 19.9 Å². The smallest absolute Gasteiger partial charge is 0.323 e. The van der Waals surface area contributed by atoms with Crippen LogP contribution in [0.2, 0.25) is 0 Å². The molecule has 0 bridgehead atoms. The van der Waals surface area contributed by atoms with Gasteiger partial charge in [-0.25, -0.2) is 0 Å². The van der Waals surface area contributed by atoms with Crippen LogP contribution in [0, 0.1) is 0 Å². The Bertz CT molecular complexity index is 620. The Kier molecular flexibility index (Phi) is 6.00. The number of nitrogens with two attached hydrogens (primary N) is 1. The van der Waals surface area contributed by atoms with E-state index in [1.807, 2.05) is 42.5 Å². The lowest BCUT2D eigenvalue weighted by atomic mass is 10.1. The van der Waals surface area contributed by atoms with Crippen LogP contribution in [0.5, 0.6) is 11.5 Å². The monoisotopic (exact) mass is 315 g/mol. The predicted molar refractivity (Wildman–Crippen MR) is 87.5 cm³/mol. The molecule has 0 aliphatic rings. The summed E-state index contributed by atoms with van der Waals surface area (Å²) in [5, 5.41) is 0. The molecule has 0 radical (unpaired) electrons. The van der Waals surface area contributed by atoms with Gasteiger partial charge in [0.25, 0.3) is 0 Å². The van der Waals surface area contributed by atoms with Crippen LogP contribution in [-0.2, 0) is 22.6 Å². The summed E-state index contributed by atoms with van der Waals surface area (Å²) in [4.78, 5) is 12.0. The van der Waals surface area contributed by atoms with Gasteiger partial charge in [-0.3, -0.25) is 4.79 Å². The number of carbonyl (C=O) groups excluding carboxylic acids is 1. The third kappa shape index (κ3) is 5.00. The van der Waals surface area contributed by atoms with Crippen molar-refractivity contribution in [2.45, 2.75) is 19.1 Å². The molecule has 0 saturated heterocycles. The molecule has 2 N–H and O–H groups in total. The van der Waals surface area contributed by atoms with Crippen LogP contribution in [0.1, 0.15) is 11.1 Å². The predicted octanol–water partition coefficient (Wildman–Crippen LogP) is 2.32. The minimum atomic E-state index is -0.740. The Labute approximate surface area is 136 Å². The van der Waals surface area contributed by atoms with E-state index < -0.39 is 12.0 Å². The summed E-state index contributed by atoms with van der Waals surface area (Å²) in [5.74, 6) is 0.879. The fourth-order valence-electron chi connectivity index (χ4n) is 2.16. The first-order valence-corrected chi connectivity index (χ1v) is 7.30. The molecule has 5 heteroatoms. The third-order valence-corrected chi connectivity index (χ3v) is 3.39. The number of hydrogen-bond donors (Lipinski definition) is 1. The van der Waals surface area contributed by atoms with E-state index in [0.29, 0.717) is 17.9 Å². The molecule has 0 aliphatic carbocycles. The molecular formula is C18H21NO4. The molecule has 0 fully saturated rings. The standard InChI is InChI=1S/C18H21NO4/c1-21-15-8-14(9-16(11-15)22-2)10-17(19)18(20)23-12-13-6-4-3-5-7-13/h3-9,11,17H,10,12,19H2,1-2H3. The summed E-state index contributed by atoms with van der Waals surface area (Å²) >= 11 is 0. The minimum Gasteiger partial charge on any atom is -0.497 e. The highest BCUT2D eigenvalue weighted by Crippen LogP contribution is 2.23. The fraction of sp³-hybridized carbons (Fsp3) is 0.278. The number of ether oxygens (including phenoxy) is 3. The van der Waals surface area contributed by atoms with Crippen LogP contribution in [-0.4, -0.2) is 26.2 Å². The van der Waals surface area contributed by atoms with E-state index in [2.05, 4.69) is 0 Å². The highest BCUT2D eigenvalue weighted by Gasteiger charge is 2.17. The van der Waals surface area contributed by atoms with Gasteiger partial charge in [0.05, 0.1) is 14.2 Å². The van der Waals surface area contributed by atoms with Crippen molar-refractivity contribution in [3.63, 3.8) is 0 Å². The average molecular weight is 315 g/mol. The van der Waals surface area contributed by atoms with Gasteiger partial charge in [0, 0.05) is 6.07 Å². The molecule has 0 amide bonds. The Hall–Kier alpha value is -2.53. The van der Waals surface area contributed by atoms with E-state index in [-0.39, 0.29) is 6.61 Å². The number of carbonyl (C=O) groups is 1. The minimum absolute atomic E-state index is 0.217. The summed E-state index contributed by atoms with van der Waals surface area (Å²) in [7, 11) is 3.15. The van der Waals surface area contributed by atoms with Gasteiger partial charge in [-0.2, -0.15) is 0 Å². The molecule has 0 heterocycles. The quantitative estimate of drug-likeness (QED) is 0.794. The Morgan fingerprint density at radius 1 is 1.00 bits per heavy atom. The molecule has 0 aliphatic heterocycles. The van der Waals surface area contributed by atoms with Crippen LogP contribution in [0.3, 0.4) is 0 Å². The van der Waals surface area contributed by atoms with Crippen LogP contribution in [0.4, 0.5) is 0 Å². The zero-order valence-corrected chi connectivity index (χ0v) is 13.3. The summed E-state index contributed by atoms with van der Waals surface area (Å²) in [6, 6.07) is 14.2. The number of methoxy groups -OCH3 is 2. The first-order valence-electron chi connectivity index (χ1n) is 7.30. The van der Waals surface area contributed by atoms with Crippen LogP contribution < -0.4 is 15.2 Å². The van der Waals surface area contributed by atoms with Crippen molar-refractivity contribution < 1.29 is 19.0 Å². The van der Waals surface area contributed by atoms with E-state index in [1.54, 1.807) is 20.3 Å². The average Bonchev–Trinajstić information content (AvgIpc) is 2.60. The number of benzene rings is 2. The second kappa shape index (κ2) is 8.19. The summed E-state index contributed by atoms with van der Waals surface area (Å²) < 4.78 is 15.7. The second-order valence-corrected chi connectivity index (χ2v) is 5.12. The Morgan fingerprint density at radius 2 is 1.61 bits per heavy atom. The van der Waals surface area contributed by atoms with Crippen molar-refractivity contribution in [1.29, 1.82) is 0 Å². The van der Waals surface area contributed by atoms with E-state index in [9.17, 15) is 4.79 Å². The maximum Gasteiger partial charge on any atom is 0.323 e. The molecule has 0 spiro atoms. The lowest BCUT2D eigenvalue weighted by molar-refractivity contribution is -0.146. The van der Waals surface area contributed by atoms with E-state index >= 15 is 0 Å². The highest BCUT2D eigenvalue weighted by atomic mass is 16.5. The van der Waals surface area contributed by atoms with Crippen LogP contribution >= 0.6 is 0 Å². The largest absolute Gasteiger partial charge is 0.497 e. The van der Waals surface area contributed by atoms with Gasteiger partial charge in [0.2, 0.25) is 0 Å². The molecule has 122 valence electrons. The molecule has 0 aromatic heterocycles. The lowest BCUT2D eigenvalue weighted by Crippen LogP contribution is -2.34. The molecule has 1 atom stereocenters. The third-order valence-electron chi connectivity index (χ3n) is 3.39. The SMILES string of the molecule is COc1cc(CC(N)C(=O)OCc2ccccc2)cc(OC)c1. The summed E-state index contributed by atoms with van der Waals surface area (Å²) in [5.41, 5.74) is 7.72. The van der Waals surface area contributed by atoms with Gasteiger partial charge in [0.15, 0.2) is 0 Å². The fourth-order valence-corrected chi connectivity index (χ4v) is 2.16. The number of hydrogen-bond acceptors (Lipinski definition) is 5. The van der Waals surface area contributed by atoms with Gasteiger partial charge in [0.1, 0.15) is 24.1 Å². The number of rotatable bonds is 7. The molecule has 2 aromatic carbocycles. The van der Waals surface area contributed by atoms with Crippen molar-refractivity contribution in [1.82, 2.24) is 0 Å². The maximum atomic E-state index is 12.0. The van der Waals surface area contributed by atoms with Crippen molar-refractivity contribution in [3.8, 4) is 11.5 Å². The maximum absolute atomic E-state index is 12.0. The molecule has 2 rings (SSSR count). The molecule has 5 nitrogen and oxygen atoms in total. The normalized spacial score (nSPS) is 11.6. The van der Waals surface area contributed by atoms with E-state index in [1.165, 1.54) is 0 Å². The highest BCUT2D eigenvalue weighted by molar-refractivity contribution is 5.76.